The highest BCUT2D eigenvalue weighted by Gasteiger charge is 2.17. The summed E-state index contributed by atoms with van der Waals surface area (Å²) in [5.41, 5.74) is 4.78. The van der Waals surface area contributed by atoms with Crippen molar-refractivity contribution < 1.29 is 5.11 Å². The number of H-pyrrole nitrogens is 1. The first kappa shape index (κ1) is 20.6. The van der Waals surface area contributed by atoms with Gasteiger partial charge in [-0.25, -0.2) is 10.2 Å². The van der Waals surface area contributed by atoms with Gasteiger partial charge in [-0.1, -0.05) is 28.1 Å². The lowest BCUT2D eigenvalue weighted by molar-refractivity contribution is 0.475. The smallest absolute Gasteiger partial charge is 0.329 e. The van der Waals surface area contributed by atoms with Crippen LogP contribution in [0.5, 0.6) is 5.75 Å². The number of anilines is 1. The van der Waals surface area contributed by atoms with Crippen LogP contribution < -0.4 is 16.7 Å². The monoisotopic (exact) mass is 482 g/mol. The number of halogens is 1. The molecule has 4 aromatic rings. The van der Waals surface area contributed by atoms with Crippen LogP contribution in [0, 0.1) is 0 Å². The Balaban J connectivity index is 1.81. The van der Waals surface area contributed by atoms with Gasteiger partial charge in [0, 0.05) is 11.5 Å². The molecule has 0 aliphatic rings. The van der Waals surface area contributed by atoms with Crippen LogP contribution in [0.15, 0.2) is 67.7 Å². The van der Waals surface area contributed by atoms with E-state index in [1.807, 2.05) is 31.2 Å². The van der Waals surface area contributed by atoms with E-state index in [0.29, 0.717) is 18.2 Å². The highest BCUT2D eigenvalue weighted by Crippen LogP contribution is 2.20. The van der Waals surface area contributed by atoms with E-state index in [-0.39, 0.29) is 16.9 Å². The maximum absolute atomic E-state index is 12.6. The zero-order valence-corrected chi connectivity index (χ0v) is 18.3. The van der Waals surface area contributed by atoms with Crippen LogP contribution in [0.4, 0.5) is 5.95 Å². The summed E-state index contributed by atoms with van der Waals surface area (Å²) in [6.45, 7) is 2.15. The number of aromatic amines is 1. The summed E-state index contributed by atoms with van der Waals surface area (Å²) in [4.78, 5) is 31.4. The maximum Gasteiger partial charge on any atom is 0.329 e. The third kappa shape index (κ3) is 4.15. The Morgan fingerprint density at radius 2 is 1.97 bits per heavy atom. The lowest BCUT2D eigenvalue weighted by Crippen LogP contribution is -2.29. The standard InChI is InChI=1S/C21H19BrN6O3/c1-12(14-6-8-16(29)9-7-14)25-26-20-23-18-17(19(30)24-21(31)27(18)2)28(20)11-13-4-3-5-15(22)10-13/h3-10,29H,11H2,1-2H3,(H,23,26)(H,24,30,31)/b25-12-. The molecule has 0 fully saturated rings. The van der Waals surface area contributed by atoms with E-state index in [1.165, 1.54) is 4.57 Å². The van der Waals surface area contributed by atoms with Crippen LogP contribution >= 0.6 is 15.9 Å². The number of imidazole rings is 1. The molecule has 0 aliphatic carbocycles. The minimum absolute atomic E-state index is 0.167. The van der Waals surface area contributed by atoms with Gasteiger partial charge in [0.15, 0.2) is 11.2 Å². The molecule has 0 radical (unpaired) electrons. The molecule has 2 aromatic carbocycles. The first-order valence-corrected chi connectivity index (χ1v) is 10.2. The van der Waals surface area contributed by atoms with E-state index < -0.39 is 11.2 Å². The quantitative estimate of drug-likeness (QED) is 0.298. The zero-order valence-electron chi connectivity index (χ0n) is 16.8. The van der Waals surface area contributed by atoms with Crippen molar-refractivity contribution in [3.05, 3.63) is 85.0 Å². The van der Waals surface area contributed by atoms with Crippen molar-refractivity contribution in [3.8, 4) is 5.75 Å². The van der Waals surface area contributed by atoms with E-state index in [0.717, 1.165) is 15.6 Å². The molecule has 158 valence electrons. The summed E-state index contributed by atoms with van der Waals surface area (Å²) in [6.07, 6.45) is 0. The number of hydrogen-bond acceptors (Lipinski definition) is 6. The highest BCUT2D eigenvalue weighted by atomic mass is 79.9. The predicted molar refractivity (Wildman–Crippen MR) is 123 cm³/mol. The molecular formula is C21H19BrN6O3. The second-order valence-electron chi connectivity index (χ2n) is 7.00. The Labute approximate surface area is 184 Å². The Morgan fingerprint density at radius 1 is 1.23 bits per heavy atom. The van der Waals surface area contributed by atoms with Gasteiger partial charge in [-0.3, -0.25) is 18.9 Å². The molecule has 2 heterocycles. The number of aromatic nitrogens is 4. The molecular weight excluding hydrogens is 464 g/mol. The molecule has 0 unspecified atom stereocenters. The van der Waals surface area contributed by atoms with Gasteiger partial charge < -0.3 is 5.11 Å². The van der Waals surface area contributed by atoms with Crippen molar-refractivity contribution in [1.82, 2.24) is 19.1 Å². The van der Waals surface area contributed by atoms with Crippen LogP contribution in [0.25, 0.3) is 11.2 Å². The number of phenols is 1. The SMILES string of the molecule is C/C(=N/Nc1nc2c(c(=O)[nH]c(=O)n2C)n1Cc1cccc(Br)c1)c1ccc(O)cc1. The minimum Gasteiger partial charge on any atom is -0.508 e. The molecule has 31 heavy (non-hydrogen) atoms. The van der Waals surface area contributed by atoms with Crippen molar-refractivity contribution in [3.63, 3.8) is 0 Å². The molecule has 3 N–H and O–H groups in total. The van der Waals surface area contributed by atoms with Crippen molar-refractivity contribution in [2.24, 2.45) is 12.1 Å². The summed E-state index contributed by atoms with van der Waals surface area (Å²) < 4.78 is 3.88. The number of phenolic OH excluding ortho intramolecular Hbond substituents is 1. The number of aryl methyl sites for hydroxylation is 1. The molecule has 0 atom stereocenters. The van der Waals surface area contributed by atoms with Crippen molar-refractivity contribution in [1.29, 1.82) is 0 Å². The van der Waals surface area contributed by atoms with Crippen LogP contribution in [0.3, 0.4) is 0 Å². The van der Waals surface area contributed by atoms with E-state index in [2.05, 4.69) is 36.4 Å². The summed E-state index contributed by atoms with van der Waals surface area (Å²) in [5, 5.41) is 13.8. The number of hydrogen-bond donors (Lipinski definition) is 3. The third-order valence-electron chi connectivity index (χ3n) is 4.85. The predicted octanol–water partition coefficient (Wildman–Crippen LogP) is 2.78. The van der Waals surface area contributed by atoms with E-state index in [1.54, 1.807) is 35.9 Å². The molecule has 0 amide bonds. The molecule has 4 rings (SSSR count). The molecule has 9 nitrogen and oxygen atoms in total. The van der Waals surface area contributed by atoms with Crippen molar-refractivity contribution in [2.75, 3.05) is 5.43 Å². The minimum atomic E-state index is -0.542. The Bertz CT molecular complexity index is 1420. The van der Waals surface area contributed by atoms with Gasteiger partial charge in [0.2, 0.25) is 5.95 Å². The Kier molecular flexibility index (Phi) is 5.47. The van der Waals surface area contributed by atoms with Gasteiger partial charge in [-0.05, 0) is 54.4 Å². The average molecular weight is 483 g/mol. The topological polar surface area (TPSA) is 117 Å². The number of rotatable bonds is 5. The highest BCUT2D eigenvalue weighted by molar-refractivity contribution is 9.10. The fourth-order valence-electron chi connectivity index (χ4n) is 3.19. The van der Waals surface area contributed by atoms with Crippen LogP contribution in [0.2, 0.25) is 0 Å². The largest absolute Gasteiger partial charge is 0.508 e. The second kappa shape index (κ2) is 8.23. The Morgan fingerprint density at radius 3 is 2.68 bits per heavy atom. The third-order valence-corrected chi connectivity index (χ3v) is 5.34. The lowest BCUT2D eigenvalue weighted by atomic mass is 10.1. The summed E-state index contributed by atoms with van der Waals surface area (Å²) in [7, 11) is 1.55. The van der Waals surface area contributed by atoms with Gasteiger partial charge in [-0.15, -0.1) is 0 Å². The van der Waals surface area contributed by atoms with Crippen molar-refractivity contribution >= 4 is 38.8 Å². The Hall–Kier alpha value is -3.66. The van der Waals surface area contributed by atoms with Crippen LogP contribution in [-0.2, 0) is 13.6 Å². The number of nitrogens with zero attached hydrogens (tertiary/aromatic N) is 4. The first-order valence-electron chi connectivity index (χ1n) is 9.37. The first-order chi connectivity index (χ1) is 14.8. The number of hydrazone groups is 1. The fraction of sp³-hybridized carbons (Fsp3) is 0.143. The summed E-state index contributed by atoms with van der Waals surface area (Å²) >= 11 is 3.46. The van der Waals surface area contributed by atoms with Crippen LogP contribution in [-0.4, -0.2) is 29.9 Å². The van der Waals surface area contributed by atoms with E-state index >= 15 is 0 Å². The molecule has 2 aromatic heterocycles. The normalized spacial score (nSPS) is 11.8. The molecule has 10 heteroatoms. The van der Waals surface area contributed by atoms with E-state index in [4.69, 9.17) is 0 Å². The number of aromatic hydroxyl groups is 1. The molecule has 0 bridgehead atoms. The number of fused-ring (bicyclic) bond motifs is 1. The lowest BCUT2D eigenvalue weighted by Gasteiger charge is -2.09. The summed E-state index contributed by atoms with van der Waals surface area (Å²) in [5.74, 6) is 0.486. The molecule has 0 spiro atoms. The van der Waals surface area contributed by atoms with Gasteiger partial charge in [-0.2, -0.15) is 10.1 Å². The molecule has 0 aliphatic heterocycles. The van der Waals surface area contributed by atoms with Gasteiger partial charge >= 0.3 is 5.69 Å². The van der Waals surface area contributed by atoms with Crippen LogP contribution in [0.1, 0.15) is 18.1 Å². The van der Waals surface area contributed by atoms with Gasteiger partial charge in [0.25, 0.3) is 5.56 Å². The van der Waals surface area contributed by atoms with Crippen molar-refractivity contribution in [2.45, 2.75) is 13.5 Å². The molecule has 0 saturated heterocycles. The fourth-order valence-corrected chi connectivity index (χ4v) is 3.64. The van der Waals surface area contributed by atoms with Gasteiger partial charge in [0.1, 0.15) is 5.75 Å². The molecule has 0 saturated carbocycles. The average Bonchev–Trinajstić information content (AvgIpc) is 3.10. The second-order valence-corrected chi connectivity index (χ2v) is 7.91. The van der Waals surface area contributed by atoms with Gasteiger partial charge in [0.05, 0.1) is 12.3 Å². The summed E-state index contributed by atoms with van der Waals surface area (Å²) in [6, 6.07) is 14.3. The maximum atomic E-state index is 12.6. The number of benzene rings is 2. The zero-order chi connectivity index (χ0) is 22.1. The number of nitrogens with one attached hydrogen (secondary N) is 2. The van der Waals surface area contributed by atoms with E-state index in [9.17, 15) is 14.7 Å².